The number of nitrogens with zero attached hydrogens (tertiary/aromatic N) is 1. The Morgan fingerprint density at radius 2 is 1.65 bits per heavy atom. The molecule has 0 amide bonds. The monoisotopic (exact) mass is 225 g/mol. The van der Waals surface area contributed by atoms with Crippen LogP contribution in [0.2, 0.25) is 0 Å². The molecule has 0 atom stereocenters. The fourth-order valence-electron chi connectivity index (χ4n) is 2.32. The van der Waals surface area contributed by atoms with E-state index in [1.807, 2.05) is 12.1 Å². The van der Waals surface area contributed by atoms with Crippen molar-refractivity contribution in [2.24, 2.45) is 0 Å². The zero-order valence-corrected chi connectivity index (χ0v) is 9.89. The smallest absolute Gasteiger partial charge is 0.120 e. The van der Waals surface area contributed by atoms with Gasteiger partial charge in [-0.2, -0.15) is 0 Å². The van der Waals surface area contributed by atoms with E-state index in [1.165, 1.54) is 16.8 Å². The predicted octanol–water partition coefficient (Wildman–Crippen LogP) is 3.22. The molecule has 86 valence electrons. The fourth-order valence-corrected chi connectivity index (χ4v) is 2.32. The number of fused-ring (bicyclic) bond motifs is 1. The molecule has 2 heteroatoms. The van der Waals surface area contributed by atoms with Gasteiger partial charge in [-0.25, -0.2) is 0 Å². The molecule has 0 bridgehead atoms. The quantitative estimate of drug-likeness (QED) is 0.778. The predicted molar refractivity (Wildman–Crippen MR) is 69.3 cm³/mol. The minimum Gasteiger partial charge on any atom is -0.497 e. The lowest BCUT2D eigenvalue weighted by Gasteiger charge is -2.18. The van der Waals surface area contributed by atoms with Crippen molar-refractivity contribution < 1.29 is 4.74 Å². The second kappa shape index (κ2) is 4.13. The van der Waals surface area contributed by atoms with E-state index in [0.29, 0.717) is 0 Å². The maximum Gasteiger partial charge on any atom is 0.120 e. The van der Waals surface area contributed by atoms with Crippen molar-refractivity contribution in [2.45, 2.75) is 13.1 Å². The van der Waals surface area contributed by atoms with Crippen LogP contribution in [0.5, 0.6) is 5.75 Å². The Morgan fingerprint density at radius 3 is 2.29 bits per heavy atom. The number of rotatable bonds is 2. The van der Waals surface area contributed by atoms with Crippen LogP contribution in [0.1, 0.15) is 11.1 Å². The van der Waals surface area contributed by atoms with Crippen molar-refractivity contribution in [1.82, 2.24) is 0 Å². The van der Waals surface area contributed by atoms with E-state index in [-0.39, 0.29) is 0 Å². The zero-order chi connectivity index (χ0) is 11.7. The summed E-state index contributed by atoms with van der Waals surface area (Å²) in [7, 11) is 1.71. The Hall–Kier alpha value is -1.96. The van der Waals surface area contributed by atoms with E-state index < -0.39 is 0 Å². The van der Waals surface area contributed by atoms with E-state index in [9.17, 15) is 0 Å². The van der Waals surface area contributed by atoms with Gasteiger partial charge in [0.2, 0.25) is 0 Å². The van der Waals surface area contributed by atoms with Crippen molar-refractivity contribution in [3.63, 3.8) is 0 Å². The van der Waals surface area contributed by atoms with Gasteiger partial charge in [0.25, 0.3) is 0 Å². The molecule has 0 aromatic heterocycles. The van der Waals surface area contributed by atoms with Crippen molar-refractivity contribution in [2.75, 3.05) is 12.0 Å². The van der Waals surface area contributed by atoms with Crippen molar-refractivity contribution >= 4 is 5.69 Å². The van der Waals surface area contributed by atoms with Crippen molar-refractivity contribution in [3.05, 3.63) is 59.7 Å². The standard InChI is InChI=1S/C15H15NO/c1-17-15-8-4-7-14(9-15)16-10-12-5-2-3-6-13(12)11-16/h2-9H,10-11H2,1H3. The lowest BCUT2D eigenvalue weighted by atomic mass is 10.1. The van der Waals surface area contributed by atoms with Crippen LogP contribution in [-0.2, 0) is 13.1 Å². The average molecular weight is 225 g/mol. The average Bonchev–Trinajstić information content (AvgIpc) is 2.82. The lowest BCUT2D eigenvalue weighted by molar-refractivity contribution is 0.415. The van der Waals surface area contributed by atoms with Gasteiger partial charge in [-0.15, -0.1) is 0 Å². The molecule has 2 aromatic carbocycles. The molecule has 17 heavy (non-hydrogen) atoms. The first-order valence-corrected chi connectivity index (χ1v) is 5.82. The zero-order valence-electron chi connectivity index (χ0n) is 9.89. The van der Waals surface area contributed by atoms with Gasteiger partial charge in [0, 0.05) is 24.8 Å². The van der Waals surface area contributed by atoms with Gasteiger partial charge in [-0.1, -0.05) is 30.3 Å². The Labute approximate surface area is 101 Å². The molecule has 0 spiro atoms. The van der Waals surface area contributed by atoms with Crippen LogP contribution in [0.4, 0.5) is 5.69 Å². The van der Waals surface area contributed by atoms with Crippen LogP contribution < -0.4 is 9.64 Å². The van der Waals surface area contributed by atoms with Crippen LogP contribution in [0.3, 0.4) is 0 Å². The highest BCUT2D eigenvalue weighted by atomic mass is 16.5. The number of benzene rings is 2. The summed E-state index contributed by atoms with van der Waals surface area (Å²) < 4.78 is 5.26. The molecular weight excluding hydrogens is 210 g/mol. The highest BCUT2D eigenvalue weighted by Gasteiger charge is 2.18. The van der Waals surface area contributed by atoms with Gasteiger partial charge in [0.15, 0.2) is 0 Å². The molecule has 0 saturated heterocycles. The maximum absolute atomic E-state index is 5.26. The highest BCUT2D eigenvalue weighted by molar-refractivity contribution is 5.54. The molecule has 0 radical (unpaired) electrons. The minimum atomic E-state index is 0.915. The maximum atomic E-state index is 5.26. The molecule has 1 aliphatic rings. The van der Waals surface area contributed by atoms with Crippen LogP contribution in [0.15, 0.2) is 48.5 Å². The Kier molecular flexibility index (Phi) is 2.48. The van der Waals surface area contributed by atoms with E-state index in [4.69, 9.17) is 4.74 Å². The molecule has 0 unspecified atom stereocenters. The summed E-state index contributed by atoms with van der Waals surface area (Å²) in [5.41, 5.74) is 4.08. The molecule has 0 aliphatic carbocycles. The SMILES string of the molecule is COc1cccc(N2Cc3ccccc3C2)c1. The summed E-state index contributed by atoms with van der Waals surface area (Å²) in [6.45, 7) is 1.98. The third-order valence-electron chi connectivity index (χ3n) is 3.26. The first-order valence-electron chi connectivity index (χ1n) is 5.82. The van der Waals surface area contributed by atoms with E-state index in [0.717, 1.165) is 18.8 Å². The lowest BCUT2D eigenvalue weighted by Crippen LogP contribution is -2.14. The number of methoxy groups -OCH3 is 1. The molecule has 1 aliphatic heterocycles. The fraction of sp³-hybridized carbons (Fsp3) is 0.200. The highest BCUT2D eigenvalue weighted by Crippen LogP contribution is 2.29. The van der Waals surface area contributed by atoms with Crippen LogP contribution in [-0.4, -0.2) is 7.11 Å². The Morgan fingerprint density at radius 1 is 0.941 bits per heavy atom. The molecule has 0 saturated carbocycles. The number of hydrogen-bond donors (Lipinski definition) is 0. The summed E-state index contributed by atoms with van der Waals surface area (Å²) >= 11 is 0. The molecule has 1 heterocycles. The molecule has 3 rings (SSSR count). The summed E-state index contributed by atoms with van der Waals surface area (Å²) in [5.74, 6) is 0.915. The molecule has 2 aromatic rings. The first-order chi connectivity index (χ1) is 8.36. The third kappa shape index (κ3) is 1.86. The summed E-state index contributed by atoms with van der Waals surface area (Å²) in [6, 6.07) is 16.9. The normalized spacial score (nSPS) is 13.6. The van der Waals surface area contributed by atoms with Gasteiger partial charge < -0.3 is 9.64 Å². The van der Waals surface area contributed by atoms with E-state index in [1.54, 1.807) is 7.11 Å². The number of ether oxygens (including phenoxy) is 1. The number of anilines is 1. The second-order valence-corrected chi connectivity index (χ2v) is 4.33. The molecule has 2 nitrogen and oxygen atoms in total. The Bertz CT molecular complexity index is 511. The molecular formula is C15H15NO. The van der Waals surface area contributed by atoms with Gasteiger partial charge in [0.05, 0.1) is 7.11 Å². The molecule has 0 N–H and O–H groups in total. The summed E-state index contributed by atoms with van der Waals surface area (Å²) in [5, 5.41) is 0. The van der Waals surface area contributed by atoms with E-state index in [2.05, 4.69) is 41.3 Å². The van der Waals surface area contributed by atoms with Crippen molar-refractivity contribution in [1.29, 1.82) is 0 Å². The van der Waals surface area contributed by atoms with Crippen LogP contribution in [0, 0.1) is 0 Å². The second-order valence-electron chi connectivity index (χ2n) is 4.33. The van der Waals surface area contributed by atoms with Crippen molar-refractivity contribution in [3.8, 4) is 5.75 Å². The topological polar surface area (TPSA) is 12.5 Å². The van der Waals surface area contributed by atoms with Crippen LogP contribution >= 0.6 is 0 Å². The largest absolute Gasteiger partial charge is 0.497 e. The van der Waals surface area contributed by atoms with Gasteiger partial charge >= 0.3 is 0 Å². The van der Waals surface area contributed by atoms with E-state index >= 15 is 0 Å². The first kappa shape index (κ1) is 10.2. The third-order valence-corrected chi connectivity index (χ3v) is 3.26. The Balaban J connectivity index is 1.88. The van der Waals surface area contributed by atoms with Gasteiger partial charge in [-0.3, -0.25) is 0 Å². The van der Waals surface area contributed by atoms with Crippen LogP contribution in [0.25, 0.3) is 0 Å². The summed E-state index contributed by atoms with van der Waals surface area (Å²) in [4.78, 5) is 2.37. The number of hydrogen-bond acceptors (Lipinski definition) is 2. The van der Waals surface area contributed by atoms with Gasteiger partial charge in [0.1, 0.15) is 5.75 Å². The molecule has 0 fully saturated rings. The summed E-state index contributed by atoms with van der Waals surface area (Å²) in [6.07, 6.45) is 0. The minimum absolute atomic E-state index is 0.915. The van der Waals surface area contributed by atoms with Gasteiger partial charge in [-0.05, 0) is 23.3 Å².